The number of carbonyl (C=O) groups excluding carboxylic acids is 2. The lowest BCUT2D eigenvalue weighted by Gasteiger charge is -2.30. The molecule has 1 aliphatic rings. The van der Waals surface area contributed by atoms with Gasteiger partial charge in [-0.3, -0.25) is 4.79 Å². The summed E-state index contributed by atoms with van der Waals surface area (Å²) in [5.74, 6) is -0.297. The average molecular weight is 297 g/mol. The smallest absolute Gasteiger partial charge is 0.335 e. The van der Waals surface area contributed by atoms with Crippen LogP contribution in [0.3, 0.4) is 0 Å². The van der Waals surface area contributed by atoms with E-state index in [0.29, 0.717) is 5.92 Å². The Morgan fingerprint density at radius 1 is 1.29 bits per heavy atom. The van der Waals surface area contributed by atoms with E-state index in [0.717, 1.165) is 19.3 Å². The summed E-state index contributed by atoms with van der Waals surface area (Å²) in [5.41, 5.74) is 0. The highest BCUT2D eigenvalue weighted by atomic mass is 16.6. The van der Waals surface area contributed by atoms with E-state index in [-0.39, 0.29) is 18.6 Å². The first-order chi connectivity index (χ1) is 9.95. The van der Waals surface area contributed by atoms with Gasteiger partial charge in [-0.15, -0.1) is 6.58 Å². The highest BCUT2D eigenvalue weighted by molar-refractivity contribution is 5.84. The summed E-state index contributed by atoms with van der Waals surface area (Å²) in [6.45, 7) is 9.11. The van der Waals surface area contributed by atoms with Crippen molar-refractivity contribution in [1.82, 2.24) is 5.32 Å². The second kappa shape index (κ2) is 8.82. The van der Waals surface area contributed by atoms with Gasteiger partial charge < -0.3 is 14.8 Å². The Balaban J connectivity index is 2.39. The van der Waals surface area contributed by atoms with Crippen molar-refractivity contribution in [2.45, 2.75) is 64.7 Å². The summed E-state index contributed by atoms with van der Waals surface area (Å²) in [6.07, 6.45) is 4.53. The first-order valence-corrected chi connectivity index (χ1v) is 7.69. The van der Waals surface area contributed by atoms with Crippen LogP contribution in [0.2, 0.25) is 0 Å². The number of rotatable bonds is 7. The van der Waals surface area contributed by atoms with Crippen LogP contribution in [0.4, 0.5) is 0 Å². The number of hydrogen-bond donors (Lipinski definition) is 1. The minimum absolute atomic E-state index is 0.182. The van der Waals surface area contributed by atoms with Gasteiger partial charge in [0.05, 0.1) is 6.61 Å². The lowest BCUT2D eigenvalue weighted by Crippen LogP contribution is -2.46. The molecule has 1 amide bonds. The number of amides is 1. The van der Waals surface area contributed by atoms with Crippen LogP contribution in [0.1, 0.15) is 46.5 Å². The van der Waals surface area contributed by atoms with Gasteiger partial charge in [0.2, 0.25) is 0 Å². The van der Waals surface area contributed by atoms with Crippen molar-refractivity contribution in [3.63, 3.8) is 0 Å². The molecule has 0 bridgehead atoms. The standard InChI is InChI=1S/C16H27NO4/c1-5-10-20-13(4)16(19)21-12(3)15(18)17-14-9-7-6-8-11(14)2/h5,11-14H,1,6-10H2,2-4H3,(H,17,18). The molecule has 0 aliphatic heterocycles. The Morgan fingerprint density at radius 2 is 1.95 bits per heavy atom. The van der Waals surface area contributed by atoms with Crippen molar-refractivity contribution in [3.05, 3.63) is 12.7 Å². The first kappa shape index (κ1) is 17.7. The van der Waals surface area contributed by atoms with E-state index in [1.54, 1.807) is 19.9 Å². The average Bonchev–Trinajstić information content (AvgIpc) is 2.46. The molecule has 1 fully saturated rings. The van der Waals surface area contributed by atoms with Gasteiger partial charge in [-0.2, -0.15) is 0 Å². The summed E-state index contributed by atoms with van der Waals surface area (Å²) < 4.78 is 10.3. The zero-order valence-corrected chi connectivity index (χ0v) is 13.3. The van der Waals surface area contributed by atoms with Crippen LogP contribution in [-0.2, 0) is 19.1 Å². The van der Waals surface area contributed by atoms with Crippen molar-refractivity contribution < 1.29 is 19.1 Å². The van der Waals surface area contributed by atoms with Gasteiger partial charge in [0.15, 0.2) is 12.2 Å². The molecule has 0 heterocycles. The van der Waals surface area contributed by atoms with Gasteiger partial charge in [-0.05, 0) is 32.6 Å². The maximum absolute atomic E-state index is 12.1. The third-order valence-electron chi connectivity index (χ3n) is 3.90. The quantitative estimate of drug-likeness (QED) is 0.578. The van der Waals surface area contributed by atoms with Crippen molar-refractivity contribution in [3.8, 4) is 0 Å². The molecule has 0 aromatic heterocycles. The third-order valence-corrected chi connectivity index (χ3v) is 3.90. The summed E-state index contributed by atoms with van der Waals surface area (Å²) in [6, 6.07) is 0.182. The number of carbonyl (C=O) groups is 2. The summed E-state index contributed by atoms with van der Waals surface area (Å²) in [5, 5.41) is 2.98. The van der Waals surface area contributed by atoms with Crippen molar-refractivity contribution >= 4 is 11.9 Å². The molecule has 0 radical (unpaired) electrons. The second-order valence-electron chi connectivity index (χ2n) is 5.72. The fourth-order valence-electron chi connectivity index (χ4n) is 2.43. The summed E-state index contributed by atoms with van der Waals surface area (Å²) in [4.78, 5) is 23.8. The molecule has 21 heavy (non-hydrogen) atoms. The van der Waals surface area contributed by atoms with Crippen molar-refractivity contribution in [2.75, 3.05) is 6.61 Å². The molecule has 1 aliphatic carbocycles. The van der Waals surface area contributed by atoms with Crippen LogP contribution in [0.25, 0.3) is 0 Å². The zero-order valence-electron chi connectivity index (χ0n) is 13.3. The molecular weight excluding hydrogens is 270 g/mol. The first-order valence-electron chi connectivity index (χ1n) is 7.69. The van der Waals surface area contributed by atoms with Gasteiger partial charge in [-0.1, -0.05) is 25.8 Å². The summed E-state index contributed by atoms with van der Waals surface area (Å²) >= 11 is 0. The Hall–Kier alpha value is -1.36. The molecular formula is C16H27NO4. The van der Waals surface area contributed by atoms with E-state index in [1.165, 1.54) is 6.42 Å². The second-order valence-corrected chi connectivity index (χ2v) is 5.72. The fourth-order valence-corrected chi connectivity index (χ4v) is 2.43. The molecule has 4 atom stereocenters. The topological polar surface area (TPSA) is 64.6 Å². The van der Waals surface area contributed by atoms with Crippen LogP contribution in [-0.4, -0.2) is 36.7 Å². The van der Waals surface area contributed by atoms with Gasteiger partial charge in [0, 0.05) is 6.04 Å². The van der Waals surface area contributed by atoms with Gasteiger partial charge in [0.25, 0.3) is 5.91 Å². The number of hydrogen-bond acceptors (Lipinski definition) is 4. The molecule has 1 rings (SSSR count). The van der Waals surface area contributed by atoms with Gasteiger partial charge in [-0.25, -0.2) is 4.79 Å². The van der Waals surface area contributed by atoms with Crippen LogP contribution in [0.5, 0.6) is 0 Å². The lowest BCUT2D eigenvalue weighted by atomic mass is 9.86. The van der Waals surface area contributed by atoms with E-state index in [9.17, 15) is 9.59 Å². The largest absolute Gasteiger partial charge is 0.451 e. The minimum atomic E-state index is -0.804. The number of esters is 1. The van der Waals surface area contributed by atoms with E-state index < -0.39 is 18.2 Å². The highest BCUT2D eigenvalue weighted by Gasteiger charge is 2.27. The fraction of sp³-hybridized carbons (Fsp3) is 0.750. The molecule has 0 aromatic rings. The molecule has 0 saturated heterocycles. The van der Waals surface area contributed by atoms with Crippen LogP contribution >= 0.6 is 0 Å². The van der Waals surface area contributed by atoms with Crippen LogP contribution < -0.4 is 5.32 Å². The minimum Gasteiger partial charge on any atom is -0.451 e. The molecule has 5 heteroatoms. The Morgan fingerprint density at radius 3 is 2.57 bits per heavy atom. The zero-order chi connectivity index (χ0) is 15.8. The van der Waals surface area contributed by atoms with E-state index in [4.69, 9.17) is 9.47 Å². The normalized spacial score (nSPS) is 24.7. The van der Waals surface area contributed by atoms with E-state index in [1.807, 2.05) is 0 Å². The summed E-state index contributed by atoms with van der Waals surface area (Å²) in [7, 11) is 0. The Kier molecular flexibility index (Phi) is 7.43. The highest BCUT2D eigenvalue weighted by Crippen LogP contribution is 2.23. The molecule has 1 saturated carbocycles. The predicted octanol–water partition coefficient (Wildman–Crippen LogP) is 2.20. The molecule has 120 valence electrons. The van der Waals surface area contributed by atoms with Gasteiger partial charge >= 0.3 is 5.97 Å². The van der Waals surface area contributed by atoms with Crippen LogP contribution in [0, 0.1) is 5.92 Å². The lowest BCUT2D eigenvalue weighted by molar-refractivity contribution is -0.164. The third kappa shape index (κ3) is 5.87. The van der Waals surface area contributed by atoms with Crippen molar-refractivity contribution in [1.29, 1.82) is 0 Å². The SMILES string of the molecule is C=CCOC(C)C(=O)OC(C)C(=O)NC1CCCCC1C. The Labute approximate surface area is 127 Å². The monoisotopic (exact) mass is 297 g/mol. The number of nitrogens with one attached hydrogen (secondary N) is 1. The van der Waals surface area contributed by atoms with E-state index in [2.05, 4.69) is 18.8 Å². The molecule has 0 spiro atoms. The maximum atomic E-state index is 12.1. The van der Waals surface area contributed by atoms with Crippen molar-refractivity contribution in [2.24, 2.45) is 5.92 Å². The van der Waals surface area contributed by atoms with Crippen LogP contribution in [0.15, 0.2) is 12.7 Å². The number of ether oxygens (including phenoxy) is 2. The Bertz CT molecular complexity index is 369. The van der Waals surface area contributed by atoms with Gasteiger partial charge in [0.1, 0.15) is 0 Å². The molecule has 4 unspecified atom stereocenters. The van der Waals surface area contributed by atoms with E-state index >= 15 is 0 Å². The maximum Gasteiger partial charge on any atom is 0.335 e. The molecule has 5 nitrogen and oxygen atoms in total. The predicted molar refractivity (Wildman–Crippen MR) is 80.7 cm³/mol. The molecule has 1 N–H and O–H groups in total. The molecule has 0 aromatic carbocycles.